The van der Waals surface area contributed by atoms with Crippen molar-refractivity contribution < 1.29 is 23.5 Å². The van der Waals surface area contributed by atoms with Gasteiger partial charge in [-0.25, -0.2) is 4.39 Å². The van der Waals surface area contributed by atoms with E-state index >= 15 is 0 Å². The van der Waals surface area contributed by atoms with E-state index < -0.39 is 17.7 Å². The second kappa shape index (κ2) is 9.83. The molecule has 0 aliphatic heterocycles. The van der Waals surface area contributed by atoms with E-state index in [9.17, 15) is 14.0 Å². The Kier molecular flexibility index (Phi) is 6.96. The van der Waals surface area contributed by atoms with Crippen molar-refractivity contribution in [2.75, 3.05) is 7.11 Å². The highest BCUT2D eigenvalue weighted by molar-refractivity contribution is 5.78. The molecular formula is C25H23FO4. The van der Waals surface area contributed by atoms with Crippen LogP contribution in [0.1, 0.15) is 30.4 Å². The van der Waals surface area contributed by atoms with Gasteiger partial charge in [0.15, 0.2) is 0 Å². The molecule has 0 heterocycles. The second-order valence-electron chi connectivity index (χ2n) is 6.97. The van der Waals surface area contributed by atoms with Crippen LogP contribution in [0.3, 0.4) is 0 Å². The predicted octanol–water partition coefficient (Wildman–Crippen LogP) is 5.31. The zero-order chi connectivity index (χ0) is 21.5. The monoisotopic (exact) mass is 406 g/mol. The normalized spacial score (nSPS) is 11.6. The average Bonchev–Trinajstić information content (AvgIpc) is 2.77. The molecule has 30 heavy (non-hydrogen) atoms. The molecule has 3 aromatic carbocycles. The molecule has 3 rings (SSSR count). The van der Waals surface area contributed by atoms with E-state index in [1.165, 1.54) is 13.2 Å². The van der Waals surface area contributed by atoms with Crippen molar-refractivity contribution in [3.8, 4) is 16.9 Å². The number of halogens is 1. The van der Waals surface area contributed by atoms with Gasteiger partial charge in [0.25, 0.3) is 0 Å². The lowest BCUT2D eigenvalue weighted by atomic mass is 9.97. The Morgan fingerprint density at radius 2 is 1.73 bits per heavy atom. The standard InChI is InChI=1S/C25H23FO4/c1-17(25(28)29-2)19-12-13-22(23(26)16-19)20-9-6-10-21(15-20)30-24(27)14-11-18-7-4-3-5-8-18/h3-10,12-13,15-17H,11,14H2,1-2H3. The summed E-state index contributed by atoms with van der Waals surface area (Å²) in [6.45, 7) is 1.66. The van der Waals surface area contributed by atoms with Crippen molar-refractivity contribution in [3.63, 3.8) is 0 Å². The van der Waals surface area contributed by atoms with E-state index in [-0.39, 0.29) is 12.4 Å². The number of methoxy groups -OCH3 is 1. The van der Waals surface area contributed by atoms with Crippen LogP contribution in [-0.4, -0.2) is 19.0 Å². The quantitative estimate of drug-likeness (QED) is 0.394. The number of aryl methyl sites for hydroxylation is 1. The van der Waals surface area contributed by atoms with Crippen LogP contribution >= 0.6 is 0 Å². The molecule has 0 aliphatic carbocycles. The SMILES string of the molecule is COC(=O)C(C)c1ccc(-c2cccc(OC(=O)CCc3ccccc3)c2)c(F)c1. The van der Waals surface area contributed by atoms with E-state index in [1.807, 2.05) is 30.3 Å². The molecule has 0 saturated carbocycles. The number of benzene rings is 3. The summed E-state index contributed by atoms with van der Waals surface area (Å²) in [4.78, 5) is 23.8. The fourth-order valence-corrected chi connectivity index (χ4v) is 3.15. The van der Waals surface area contributed by atoms with Crippen LogP contribution in [0.2, 0.25) is 0 Å². The average molecular weight is 406 g/mol. The van der Waals surface area contributed by atoms with Gasteiger partial charge in [-0.1, -0.05) is 54.6 Å². The minimum Gasteiger partial charge on any atom is -0.469 e. The summed E-state index contributed by atoms with van der Waals surface area (Å²) in [6.07, 6.45) is 0.844. The van der Waals surface area contributed by atoms with E-state index in [0.717, 1.165) is 5.56 Å². The van der Waals surface area contributed by atoms with Crippen LogP contribution in [0.5, 0.6) is 5.75 Å². The van der Waals surface area contributed by atoms with Crippen molar-refractivity contribution in [1.82, 2.24) is 0 Å². The minimum atomic E-state index is -0.560. The summed E-state index contributed by atoms with van der Waals surface area (Å²) in [5.41, 5.74) is 2.54. The topological polar surface area (TPSA) is 52.6 Å². The van der Waals surface area contributed by atoms with Crippen molar-refractivity contribution >= 4 is 11.9 Å². The van der Waals surface area contributed by atoms with Gasteiger partial charge in [-0.05, 0) is 48.2 Å². The summed E-state index contributed by atoms with van der Waals surface area (Å²) in [5, 5.41) is 0. The highest BCUT2D eigenvalue weighted by Gasteiger charge is 2.18. The highest BCUT2D eigenvalue weighted by atomic mass is 19.1. The van der Waals surface area contributed by atoms with Crippen LogP contribution in [0, 0.1) is 5.82 Å². The van der Waals surface area contributed by atoms with Crippen molar-refractivity contribution in [2.45, 2.75) is 25.7 Å². The first-order valence-electron chi connectivity index (χ1n) is 9.70. The first kappa shape index (κ1) is 21.2. The van der Waals surface area contributed by atoms with Gasteiger partial charge in [0, 0.05) is 12.0 Å². The third-order valence-electron chi connectivity index (χ3n) is 4.89. The van der Waals surface area contributed by atoms with Gasteiger partial charge in [-0.15, -0.1) is 0 Å². The number of carbonyl (C=O) groups is 2. The first-order valence-corrected chi connectivity index (χ1v) is 9.70. The molecular weight excluding hydrogens is 383 g/mol. The zero-order valence-corrected chi connectivity index (χ0v) is 16.9. The van der Waals surface area contributed by atoms with E-state index in [1.54, 1.807) is 43.3 Å². The molecule has 0 saturated heterocycles. The maximum absolute atomic E-state index is 14.7. The lowest BCUT2D eigenvalue weighted by Crippen LogP contribution is -2.11. The molecule has 0 amide bonds. The molecule has 1 atom stereocenters. The molecule has 0 fully saturated rings. The van der Waals surface area contributed by atoms with E-state index in [0.29, 0.717) is 28.9 Å². The van der Waals surface area contributed by atoms with Crippen LogP contribution in [-0.2, 0) is 20.7 Å². The molecule has 3 aromatic rings. The molecule has 0 bridgehead atoms. The summed E-state index contributed by atoms with van der Waals surface area (Å²) >= 11 is 0. The lowest BCUT2D eigenvalue weighted by molar-refractivity contribution is -0.142. The highest BCUT2D eigenvalue weighted by Crippen LogP contribution is 2.29. The van der Waals surface area contributed by atoms with Crippen LogP contribution in [0.25, 0.3) is 11.1 Å². The molecule has 0 N–H and O–H groups in total. The number of rotatable bonds is 7. The molecule has 4 nitrogen and oxygen atoms in total. The number of hydrogen-bond acceptors (Lipinski definition) is 4. The Morgan fingerprint density at radius 1 is 0.967 bits per heavy atom. The summed E-state index contributed by atoms with van der Waals surface area (Å²) < 4.78 is 24.8. The smallest absolute Gasteiger partial charge is 0.312 e. The Balaban J connectivity index is 1.70. The Hall–Kier alpha value is -3.47. The fraction of sp³-hybridized carbons (Fsp3) is 0.200. The largest absolute Gasteiger partial charge is 0.469 e. The van der Waals surface area contributed by atoms with E-state index in [4.69, 9.17) is 9.47 Å². The maximum Gasteiger partial charge on any atom is 0.312 e. The number of esters is 2. The molecule has 0 aliphatic rings. The Labute approximate surface area is 175 Å². The lowest BCUT2D eigenvalue weighted by Gasteiger charge is -2.12. The Bertz CT molecular complexity index is 1030. The Morgan fingerprint density at radius 3 is 2.43 bits per heavy atom. The van der Waals surface area contributed by atoms with Crippen molar-refractivity contribution in [3.05, 3.63) is 89.7 Å². The van der Waals surface area contributed by atoms with E-state index in [2.05, 4.69) is 0 Å². The zero-order valence-electron chi connectivity index (χ0n) is 16.9. The van der Waals surface area contributed by atoms with Crippen molar-refractivity contribution in [2.24, 2.45) is 0 Å². The number of ether oxygens (including phenoxy) is 2. The van der Waals surface area contributed by atoms with Gasteiger partial charge in [-0.2, -0.15) is 0 Å². The predicted molar refractivity (Wildman–Crippen MR) is 113 cm³/mol. The maximum atomic E-state index is 14.7. The van der Waals surface area contributed by atoms with Gasteiger partial charge in [-0.3, -0.25) is 9.59 Å². The first-order chi connectivity index (χ1) is 14.5. The minimum absolute atomic E-state index is 0.253. The molecule has 5 heteroatoms. The van der Waals surface area contributed by atoms with Gasteiger partial charge >= 0.3 is 11.9 Å². The van der Waals surface area contributed by atoms with Crippen LogP contribution in [0.15, 0.2) is 72.8 Å². The number of hydrogen-bond donors (Lipinski definition) is 0. The fourth-order valence-electron chi connectivity index (χ4n) is 3.15. The second-order valence-corrected chi connectivity index (χ2v) is 6.97. The molecule has 0 spiro atoms. The van der Waals surface area contributed by atoms with Gasteiger partial charge in [0.2, 0.25) is 0 Å². The van der Waals surface area contributed by atoms with Crippen molar-refractivity contribution in [1.29, 1.82) is 0 Å². The summed E-state index contributed by atoms with van der Waals surface area (Å²) in [7, 11) is 1.30. The van der Waals surface area contributed by atoms with Crippen LogP contribution < -0.4 is 4.74 Å². The third kappa shape index (κ3) is 5.32. The van der Waals surface area contributed by atoms with Gasteiger partial charge in [0.1, 0.15) is 11.6 Å². The summed E-state index contributed by atoms with van der Waals surface area (Å²) in [5.74, 6) is -1.44. The number of carbonyl (C=O) groups excluding carboxylic acids is 2. The molecule has 0 aromatic heterocycles. The van der Waals surface area contributed by atoms with Gasteiger partial charge < -0.3 is 9.47 Å². The van der Waals surface area contributed by atoms with Gasteiger partial charge in [0.05, 0.1) is 13.0 Å². The third-order valence-corrected chi connectivity index (χ3v) is 4.89. The molecule has 0 radical (unpaired) electrons. The van der Waals surface area contributed by atoms with Crippen LogP contribution in [0.4, 0.5) is 4.39 Å². The summed E-state index contributed by atoms with van der Waals surface area (Å²) in [6, 6.07) is 21.1. The molecule has 154 valence electrons. The molecule has 1 unspecified atom stereocenters.